The molecule has 2 aliphatic rings. The molecular formula is C23H30N4O6S. The van der Waals surface area contributed by atoms with Crippen molar-refractivity contribution in [3.63, 3.8) is 0 Å². The number of fused-ring (bicyclic) bond motifs is 1. The quantitative estimate of drug-likeness (QED) is 0.665. The van der Waals surface area contributed by atoms with E-state index < -0.39 is 10.0 Å². The van der Waals surface area contributed by atoms with E-state index in [9.17, 15) is 18.0 Å². The highest BCUT2D eigenvalue weighted by molar-refractivity contribution is 7.89. The van der Waals surface area contributed by atoms with Crippen molar-refractivity contribution in [3.05, 3.63) is 36.4 Å². The minimum atomic E-state index is -3.82. The van der Waals surface area contributed by atoms with Gasteiger partial charge in [0.05, 0.1) is 30.4 Å². The van der Waals surface area contributed by atoms with Gasteiger partial charge < -0.3 is 24.6 Å². The first-order valence-electron chi connectivity index (χ1n) is 11.5. The number of nitrogens with zero attached hydrogens (tertiary/aromatic N) is 2. The van der Waals surface area contributed by atoms with Gasteiger partial charge in [-0.2, -0.15) is 0 Å². The molecule has 0 radical (unpaired) electrons. The number of likely N-dealkylation sites (tertiary alicyclic amines) is 1. The molecule has 2 fully saturated rings. The minimum absolute atomic E-state index is 0.153. The van der Waals surface area contributed by atoms with Gasteiger partial charge in [0.15, 0.2) is 0 Å². The summed E-state index contributed by atoms with van der Waals surface area (Å²) in [5, 5.41) is 4.08. The fourth-order valence-corrected chi connectivity index (χ4v) is 5.79. The molecule has 0 saturated carbocycles. The topological polar surface area (TPSA) is 117 Å². The van der Waals surface area contributed by atoms with Gasteiger partial charge in [-0.05, 0) is 31.9 Å². The van der Waals surface area contributed by atoms with Crippen LogP contribution < -0.4 is 10.0 Å². The van der Waals surface area contributed by atoms with E-state index in [1.54, 1.807) is 53.1 Å². The summed E-state index contributed by atoms with van der Waals surface area (Å²) in [6.45, 7) is 4.93. The Balaban J connectivity index is 1.50. The predicted molar refractivity (Wildman–Crippen MR) is 127 cm³/mol. The third kappa shape index (κ3) is 5.43. The Hall–Kier alpha value is -2.89. The lowest BCUT2D eigenvalue weighted by Gasteiger charge is -2.31. The first kappa shape index (κ1) is 24.2. The fourth-order valence-electron chi connectivity index (χ4n) is 4.26. The van der Waals surface area contributed by atoms with Crippen LogP contribution in [0, 0.1) is 0 Å². The van der Waals surface area contributed by atoms with Crippen LogP contribution in [-0.4, -0.2) is 82.4 Å². The summed E-state index contributed by atoms with van der Waals surface area (Å²) >= 11 is 0. The number of hydrogen-bond acceptors (Lipinski definition) is 6. The van der Waals surface area contributed by atoms with E-state index >= 15 is 0 Å². The van der Waals surface area contributed by atoms with Crippen molar-refractivity contribution in [2.24, 2.45) is 0 Å². The van der Waals surface area contributed by atoms with Crippen molar-refractivity contribution in [1.29, 1.82) is 0 Å². The Kier molecular flexibility index (Phi) is 7.54. The maximum Gasteiger partial charge on any atom is 0.409 e. The lowest BCUT2D eigenvalue weighted by atomic mass is 10.1. The molecule has 0 aliphatic carbocycles. The second-order valence-corrected chi connectivity index (χ2v) is 9.95. The summed E-state index contributed by atoms with van der Waals surface area (Å²) in [5.74, 6) is 0. The summed E-state index contributed by atoms with van der Waals surface area (Å²) in [4.78, 5) is 28.0. The average Bonchev–Trinajstić information content (AvgIpc) is 2.85. The maximum absolute atomic E-state index is 13.3. The van der Waals surface area contributed by atoms with E-state index in [4.69, 9.17) is 9.47 Å². The van der Waals surface area contributed by atoms with Gasteiger partial charge >= 0.3 is 12.1 Å². The Morgan fingerprint density at radius 2 is 1.68 bits per heavy atom. The number of sulfonamides is 1. The third-order valence-electron chi connectivity index (χ3n) is 6.05. The van der Waals surface area contributed by atoms with Gasteiger partial charge in [0.1, 0.15) is 0 Å². The minimum Gasteiger partial charge on any atom is -0.450 e. The summed E-state index contributed by atoms with van der Waals surface area (Å²) < 4.78 is 39.7. The zero-order valence-electron chi connectivity index (χ0n) is 19.2. The average molecular weight is 491 g/mol. The maximum atomic E-state index is 13.3. The highest BCUT2D eigenvalue weighted by Crippen LogP contribution is 2.29. The highest BCUT2D eigenvalue weighted by atomic mass is 32.2. The summed E-state index contributed by atoms with van der Waals surface area (Å²) in [6, 6.07) is 9.73. The third-order valence-corrected chi connectivity index (χ3v) is 7.63. The number of benzene rings is 2. The molecule has 2 heterocycles. The Morgan fingerprint density at radius 1 is 1.00 bits per heavy atom. The Labute approximate surface area is 199 Å². The standard InChI is InChI=1S/C23H30N4O6S/c1-2-33-23(29)27-11-9-17(10-12-27)25-34(30,31)21-8-4-5-18-19(21)6-3-7-20(18)24-22(28)26-13-15-32-16-14-26/h3-8,17,25H,2,9-16H2,1H3,(H,24,28). The second-order valence-electron chi connectivity index (χ2n) is 8.27. The van der Waals surface area contributed by atoms with Crippen molar-refractivity contribution in [2.45, 2.75) is 30.7 Å². The van der Waals surface area contributed by atoms with Crippen LogP contribution in [-0.2, 0) is 19.5 Å². The second kappa shape index (κ2) is 10.6. The monoisotopic (exact) mass is 490 g/mol. The number of morpholine rings is 1. The number of anilines is 1. The van der Waals surface area contributed by atoms with Crippen molar-refractivity contribution >= 4 is 38.6 Å². The predicted octanol–water partition coefficient (Wildman–Crippen LogP) is 2.60. The molecule has 0 spiro atoms. The van der Waals surface area contributed by atoms with Crippen LogP contribution in [0.25, 0.3) is 10.8 Å². The van der Waals surface area contributed by atoms with Crippen LogP contribution in [0.2, 0.25) is 0 Å². The molecule has 2 aliphatic heterocycles. The first-order valence-corrected chi connectivity index (χ1v) is 13.0. The first-order chi connectivity index (χ1) is 16.4. The van der Waals surface area contributed by atoms with Gasteiger partial charge in [-0.15, -0.1) is 0 Å². The van der Waals surface area contributed by atoms with Crippen molar-refractivity contribution in [3.8, 4) is 0 Å². The molecule has 10 nitrogen and oxygen atoms in total. The smallest absolute Gasteiger partial charge is 0.409 e. The van der Waals surface area contributed by atoms with Crippen LogP contribution in [0.5, 0.6) is 0 Å². The molecule has 0 atom stereocenters. The van der Waals surface area contributed by atoms with Crippen molar-refractivity contribution in [1.82, 2.24) is 14.5 Å². The molecule has 3 amide bonds. The van der Waals surface area contributed by atoms with Crippen LogP contribution in [0.3, 0.4) is 0 Å². The van der Waals surface area contributed by atoms with Crippen LogP contribution in [0.4, 0.5) is 15.3 Å². The summed E-state index contributed by atoms with van der Waals surface area (Å²) in [7, 11) is -3.82. The van der Waals surface area contributed by atoms with Gasteiger partial charge in [0.25, 0.3) is 0 Å². The molecular weight excluding hydrogens is 460 g/mol. The van der Waals surface area contributed by atoms with Crippen LogP contribution in [0.1, 0.15) is 19.8 Å². The normalized spacial score (nSPS) is 17.6. The van der Waals surface area contributed by atoms with Gasteiger partial charge in [-0.25, -0.2) is 22.7 Å². The van der Waals surface area contributed by atoms with E-state index in [0.717, 1.165) is 0 Å². The summed E-state index contributed by atoms with van der Waals surface area (Å²) in [5.41, 5.74) is 0.550. The molecule has 2 aromatic rings. The van der Waals surface area contributed by atoms with E-state index in [-0.39, 0.29) is 23.1 Å². The highest BCUT2D eigenvalue weighted by Gasteiger charge is 2.28. The lowest BCUT2D eigenvalue weighted by molar-refractivity contribution is 0.0565. The van der Waals surface area contributed by atoms with Crippen molar-refractivity contribution < 1.29 is 27.5 Å². The number of urea groups is 1. The molecule has 34 heavy (non-hydrogen) atoms. The molecule has 184 valence electrons. The summed E-state index contributed by atoms with van der Waals surface area (Å²) in [6.07, 6.45) is 0.636. The van der Waals surface area contributed by atoms with Crippen LogP contribution in [0.15, 0.2) is 41.3 Å². The zero-order chi connectivity index (χ0) is 24.1. The number of hydrogen-bond donors (Lipinski definition) is 2. The SMILES string of the molecule is CCOC(=O)N1CCC(NS(=O)(=O)c2cccc3c(NC(=O)N4CCOCC4)cccc23)CC1. The number of rotatable bonds is 5. The number of carbonyl (C=O) groups is 2. The Morgan fingerprint density at radius 3 is 2.38 bits per heavy atom. The van der Waals surface area contributed by atoms with Gasteiger partial charge in [0, 0.05) is 43.0 Å². The molecule has 2 aromatic carbocycles. The van der Waals surface area contributed by atoms with E-state index in [1.807, 2.05) is 0 Å². The number of amides is 3. The fraction of sp³-hybridized carbons (Fsp3) is 0.478. The van der Waals surface area contributed by atoms with Gasteiger partial charge in [-0.3, -0.25) is 0 Å². The lowest BCUT2D eigenvalue weighted by Crippen LogP contribution is -2.46. The molecule has 11 heteroatoms. The molecule has 2 N–H and O–H groups in total. The molecule has 0 unspecified atom stereocenters. The number of ether oxygens (including phenoxy) is 2. The molecule has 2 saturated heterocycles. The number of nitrogens with one attached hydrogen (secondary N) is 2. The van der Waals surface area contributed by atoms with Crippen molar-refractivity contribution in [2.75, 3.05) is 51.3 Å². The largest absolute Gasteiger partial charge is 0.450 e. The number of piperidine rings is 1. The van der Waals surface area contributed by atoms with Gasteiger partial charge in [0.2, 0.25) is 10.0 Å². The van der Waals surface area contributed by atoms with Crippen LogP contribution >= 0.6 is 0 Å². The zero-order valence-corrected chi connectivity index (χ0v) is 20.0. The Bertz CT molecular complexity index is 1140. The van der Waals surface area contributed by atoms with Gasteiger partial charge in [-0.1, -0.05) is 24.3 Å². The van der Waals surface area contributed by atoms with E-state index in [2.05, 4.69) is 10.0 Å². The number of carbonyl (C=O) groups excluding carboxylic acids is 2. The van der Waals surface area contributed by atoms with E-state index in [1.165, 1.54) is 0 Å². The van der Waals surface area contributed by atoms with E-state index in [0.29, 0.717) is 75.3 Å². The molecule has 4 rings (SSSR count). The molecule has 0 aromatic heterocycles. The molecule has 0 bridgehead atoms.